The van der Waals surface area contributed by atoms with Gasteiger partial charge in [-0.1, -0.05) is 24.8 Å². The van der Waals surface area contributed by atoms with Crippen molar-refractivity contribution < 1.29 is 132 Å². The number of nitro groups is 1. The van der Waals surface area contributed by atoms with Crippen LogP contribution in [-0.4, -0.2) is 275 Å². The van der Waals surface area contributed by atoms with Crippen LogP contribution in [0.2, 0.25) is 0 Å². The van der Waals surface area contributed by atoms with Crippen molar-refractivity contribution in [3.05, 3.63) is 162 Å². The highest BCUT2D eigenvalue weighted by Gasteiger charge is 2.51. The zero-order valence-electron chi connectivity index (χ0n) is 61.3. The monoisotopic (exact) mass is 1600 g/mol. The van der Waals surface area contributed by atoms with Crippen LogP contribution in [0.15, 0.2) is 101 Å². The van der Waals surface area contributed by atoms with Gasteiger partial charge in [0.05, 0.1) is 113 Å². The van der Waals surface area contributed by atoms with E-state index in [0.29, 0.717) is 17.1 Å². The number of alkyl carbamates (subject to hydrolysis) is 1. The number of aliphatic hydroxyl groups is 7. The van der Waals surface area contributed by atoms with Crippen molar-refractivity contribution in [1.29, 1.82) is 0 Å². The normalized spacial score (nSPS) is 23.1. The van der Waals surface area contributed by atoms with E-state index in [1.54, 1.807) is 23.3 Å². The van der Waals surface area contributed by atoms with Crippen molar-refractivity contribution in [3.63, 3.8) is 0 Å². The number of methoxy groups -OCH3 is 1. The highest BCUT2D eigenvalue weighted by atomic mass is 16.7. The molecule has 2 aliphatic carbocycles. The van der Waals surface area contributed by atoms with Crippen LogP contribution in [0.4, 0.5) is 16.4 Å². The number of Topliss-reactive ketones (excluding diaryl/α,β-unsaturated/α-hetero) is 1. The van der Waals surface area contributed by atoms with Crippen LogP contribution in [0.5, 0.6) is 17.2 Å². The summed E-state index contributed by atoms with van der Waals surface area (Å²) in [5.41, 5.74) is 7.41. The summed E-state index contributed by atoms with van der Waals surface area (Å²) in [6, 6.07) is 7.75. The Balaban J connectivity index is 0.726. The van der Waals surface area contributed by atoms with E-state index in [1.807, 2.05) is 0 Å². The molecule has 0 bridgehead atoms. The largest absolute Gasteiger partial charge is 0.507 e. The Kier molecular flexibility index (Phi) is 28.8. The standard InChI is InChI=1S/C72H87N13O29/c1-34(110-69-64(98)63(97)60(94)48(32-86)113-69)7-8-36(15-17-85(104)105)46(114-71(102)79-44-26-51(111-35(2)57(44)91)112-47-28-72(103,49(88)33-87)27-42-53(47)62(96)55-54(59(42)93)58(92)41-5-4-6-45(106-3)52(41)61(55)95)25-39-31-84(83-82-39)18-20-108-22-24-109-23-21-107-19-16-74-67(100)43(13-14-50(89)90)78-66(99)37-9-11-38(12-10-37)75-29-40-30-76-65-56(77-40)68(101)81-70(73)80-65/h4-12,15,30-31,35,43-44,46-48,51,57,60,63-64,69,75,82-83,86-87,91,93-94,96-98,103H,1,13-14,16-29,32-33H2,2-3H3,(H,74,100)(H,78,99)(H,79,102)(H,89,90)(H3,73,76,80,81,101)/b8-7-,36-15+/t35?,43-,44?,46-,47-,48?,51?,57?,60-,63?,64-,69+,72-/m0/s1. The molecule has 2 aromatic heterocycles. The van der Waals surface area contributed by atoms with Crippen molar-refractivity contribution in [2.24, 2.45) is 0 Å². The molecule has 5 aliphatic rings. The number of ketones is 3. The number of phenols is 2. The van der Waals surface area contributed by atoms with E-state index < -0.39 is 199 Å². The number of aliphatic carboxylic acids is 1. The third kappa shape index (κ3) is 20.8. The third-order valence-electron chi connectivity index (χ3n) is 19.0. The molecular weight excluding hydrogens is 1510 g/mol. The molecule has 0 radical (unpaired) electrons. The topological polar surface area (TPSA) is 621 Å². The minimum absolute atomic E-state index is 0.00404. The van der Waals surface area contributed by atoms with Gasteiger partial charge in [0.15, 0.2) is 29.0 Å². The van der Waals surface area contributed by atoms with Gasteiger partial charge in [0.2, 0.25) is 30.5 Å². The number of carbonyl (C=O) groups excluding carboxylic acids is 6. The summed E-state index contributed by atoms with van der Waals surface area (Å²) in [5, 5.41) is 132. The number of nitrogen functional groups attached to an aromatic ring is 1. The van der Waals surface area contributed by atoms with Gasteiger partial charge in [-0.15, -0.1) is 5.53 Å². The number of ether oxygens (including phenoxy) is 9. The summed E-state index contributed by atoms with van der Waals surface area (Å²) < 4.78 is 51.7. The predicted octanol–water partition coefficient (Wildman–Crippen LogP) is -2.17. The lowest BCUT2D eigenvalue weighted by Crippen LogP contribution is -2.59. The van der Waals surface area contributed by atoms with E-state index >= 15 is 0 Å². The molecule has 2 fully saturated rings. The van der Waals surface area contributed by atoms with Gasteiger partial charge >= 0.3 is 12.1 Å². The number of hydrogen-bond donors (Lipinski definition) is 18. The van der Waals surface area contributed by atoms with Gasteiger partial charge in [-0.3, -0.25) is 53.7 Å². The van der Waals surface area contributed by atoms with Gasteiger partial charge < -0.3 is 126 Å². The van der Waals surface area contributed by atoms with Gasteiger partial charge in [-0.05, 0) is 61.4 Å². The van der Waals surface area contributed by atoms with Crippen LogP contribution in [-0.2, 0) is 65.2 Å². The SMILES string of the molecule is C=C(/C=C\C(=C/C[N+](=O)[O-])[C@H](CC1=CN(CCOCCOCCOCCNC(=O)[C@H](CCC(=O)O)NC(=O)c2ccc(NCc3cnc4nc(N)[nH]c(=O)c4n3)cc2)NN1)OC(=O)NC1CC(O[C@H]2C[C@](O)(C(=O)CO)Cc3c(O)c4c(c(O)c32)C(=O)c2c(OC)cccc2C4=O)OC(C)C1O)O[C@@H]1OC(CO)[C@H](O)C(O)[C@@H]1O. The number of nitrogens with zero attached hydrogens (tertiary/aromatic N) is 5. The first kappa shape index (κ1) is 85.2. The summed E-state index contributed by atoms with van der Waals surface area (Å²) in [4.78, 5) is 132. The molecule has 10 rings (SSSR count). The number of carboxylic acid groups (broad SMARTS) is 1. The second-order valence-electron chi connectivity index (χ2n) is 26.8. The van der Waals surface area contributed by atoms with E-state index in [-0.39, 0.29) is 134 Å². The average Bonchev–Trinajstić information content (AvgIpc) is 0.786. The number of nitrogens with two attached hydrogens (primary N) is 1. The maximum absolute atomic E-state index is 14.4. The first-order valence-electron chi connectivity index (χ1n) is 35.7. The molecule has 42 heteroatoms. The van der Waals surface area contributed by atoms with Crippen molar-refractivity contribution in [1.82, 2.24) is 51.9 Å². The zero-order valence-corrected chi connectivity index (χ0v) is 61.3. The van der Waals surface area contributed by atoms with Gasteiger partial charge in [0, 0.05) is 83.4 Å². The molecule has 2 saturated heterocycles. The lowest BCUT2D eigenvalue weighted by Gasteiger charge is -2.42. The maximum atomic E-state index is 14.4. The second kappa shape index (κ2) is 38.5. The van der Waals surface area contributed by atoms with Crippen molar-refractivity contribution in [2.45, 2.75) is 131 Å². The first-order valence-corrected chi connectivity index (χ1v) is 35.7. The number of aliphatic hydroxyl groups excluding tert-OH is 6. The van der Waals surface area contributed by atoms with Gasteiger partial charge in [0.25, 0.3) is 11.5 Å². The summed E-state index contributed by atoms with van der Waals surface area (Å²) in [6.45, 7) is 3.28. The van der Waals surface area contributed by atoms with E-state index in [4.69, 9.17) is 48.4 Å². The number of carboxylic acids is 1. The zero-order chi connectivity index (χ0) is 82.2. The Morgan fingerprint density at radius 3 is 2.32 bits per heavy atom. The molecule has 6 unspecified atom stereocenters. The lowest BCUT2D eigenvalue weighted by atomic mass is 9.72. The van der Waals surface area contributed by atoms with Crippen molar-refractivity contribution in [2.75, 3.05) is 90.6 Å². The van der Waals surface area contributed by atoms with Crippen molar-refractivity contribution in [3.8, 4) is 17.2 Å². The summed E-state index contributed by atoms with van der Waals surface area (Å²) in [7, 11) is 1.25. The molecule has 5 aromatic rings. The van der Waals surface area contributed by atoms with Crippen LogP contribution in [0, 0.1) is 10.1 Å². The second-order valence-corrected chi connectivity index (χ2v) is 26.8. The van der Waals surface area contributed by atoms with E-state index in [2.05, 4.69) is 58.7 Å². The fraction of sp³-hybridized carbons (Fsp3) is 0.458. The number of amides is 3. The molecule has 3 amide bonds. The van der Waals surface area contributed by atoms with E-state index in [1.165, 1.54) is 56.6 Å². The van der Waals surface area contributed by atoms with Gasteiger partial charge in [0.1, 0.15) is 77.9 Å². The Bertz CT molecular complexity index is 4560. The number of aromatic hydroxyl groups is 2. The number of allylic oxidation sites excluding steroid dienone is 1. The average molecular weight is 1600 g/mol. The number of fused-ring (bicyclic) bond motifs is 4. The summed E-state index contributed by atoms with van der Waals surface area (Å²) in [6.07, 6.45) is -13.7. The Labute approximate surface area is 646 Å². The Hall–Kier alpha value is -11.2. The fourth-order valence-corrected chi connectivity index (χ4v) is 13.1. The predicted molar refractivity (Wildman–Crippen MR) is 389 cm³/mol. The molecule has 42 nitrogen and oxygen atoms in total. The highest BCUT2D eigenvalue weighted by molar-refractivity contribution is 6.31. The van der Waals surface area contributed by atoms with Crippen LogP contribution < -0.4 is 48.3 Å². The highest BCUT2D eigenvalue weighted by Crippen LogP contribution is 2.53. The molecule has 614 valence electrons. The van der Waals surface area contributed by atoms with Gasteiger partial charge in [-0.2, -0.15) is 4.98 Å². The molecule has 5 heterocycles. The van der Waals surface area contributed by atoms with Crippen molar-refractivity contribution >= 4 is 64.0 Å². The number of aromatic nitrogens is 4. The molecule has 3 aromatic carbocycles. The minimum atomic E-state index is -2.53. The molecule has 19 N–H and O–H groups in total. The fourth-order valence-electron chi connectivity index (χ4n) is 13.1. The number of rotatable bonds is 38. The third-order valence-corrected chi connectivity index (χ3v) is 19.0. The molecule has 114 heavy (non-hydrogen) atoms. The summed E-state index contributed by atoms with van der Waals surface area (Å²) in [5.74, 6) is -7.62. The first-order chi connectivity index (χ1) is 54.5. The lowest BCUT2D eigenvalue weighted by molar-refractivity contribution is -0.468. The number of nitrogens with one attached hydrogen (secondary N) is 7. The Morgan fingerprint density at radius 1 is 0.904 bits per heavy atom. The number of benzene rings is 3. The molecule has 0 spiro atoms. The maximum Gasteiger partial charge on any atom is 0.408 e. The van der Waals surface area contributed by atoms with Crippen LogP contribution in [0.3, 0.4) is 0 Å². The number of aromatic amines is 1. The van der Waals surface area contributed by atoms with Gasteiger partial charge in [-0.25, -0.2) is 14.8 Å². The smallest absolute Gasteiger partial charge is 0.408 e. The Morgan fingerprint density at radius 2 is 1.62 bits per heavy atom. The quantitative estimate of drug-likeness (QED) is 0.00490. The van der Waals surface area contributed by atoms with E-state index in [0.717, 1.165) is 12.2 Å². The number of hydrogen-bond acceptors (Lipinski definition) is 36. The molecule has 3 aliphatic heterocycles. The minimum Gasteiger partial charge on any atom is -0.507 e. The molecular formula is C72H87N13O29. The van der Waals surface area contributed by atoms with Crippen LogP contribution >= 0.6 is 0 Å². The van der Waals surface area contributed by atoms with Crippen LogP contribution in [0.25, 0.3) is 11.2 Å². The molecule has 0 saturated carbocycles. The summed E-state index contributed by atoms with van der Waals surface area (Å²) >= 11 is 0. The number of hydrazine groups is 2. The van der Waals surface area contributed by atoms with Crippen LogP contribution in [0.1, 0.15) is 104 Å². The number of H-pyrrole nitrogens is 1. The number of phenolic OH excluding ortho intramolecular Hbond substituents is 2. The molecule has 13 atom stereocenters. The van der Waals surface area contributed by atoms with E-state index in [9.17, 15) is 99.5 Å². The number of carbonyl (C=O) groups is 7. The number of anilines is 2.